The van der Waals surface area contributed by atoms with Crippen molar-refractivity contribution < 1.29 is 15.3 Å². The topological polar surface area (TPSA) is 60.7 Å². The smallest absolute Gasteiger partial charge is 0.122 e. The molecule has 0 rings (SSSR count). The van der Waals surface area contributed by atoms with E-state index in [1.165, 1.54) is 6.92 Å². The molecule has 0 atom stereocenters. The zero-order valence-corrected chi connectivity index (χ0v) is 5.70. The summed E-state index contributed by atoms with van der Waals surface area (Å²) in [5, 5.41) is 25.9. The molecule has 3 N–H and O–H groups in total. The zero-order valence-electron chi connectivity index (χ0n) is 5.70. The van der Waals surface area contributed by atoms with E-state index >= 15 is 0 Å². The van der Waals surface area contributed by atoms with Crippen LogP contribution in [0.15, 0.2) is 36.0 Å². The lowest BCUT2D eigenvalue weighted by atomic mass is 10.3. The third-order valence-corrected chi connectivity index (χ3v) is 0.671. The van der Waals surface area contributed by atoms with E-state index in [0.717, 1.165) is 12.2 Å². The molecular formula is C7H10O3. The summed E-state index contributed by atoms with van der Waals surface area (Å²) >= 11 is 0. The highest BCUT2D eigenvalue weighted by Gasteiger charge is 1.88. The molecule has 0 saturated carbocycles. The normalized spacial score (nSPS) is 13.3. The Hall–Kier alpha value is -1.38. The van der Waals surface area contributed by atoms with Gasteiger partial charge in [0.05, 0.1) is 5.76 Å². The number of aliphatic hydroxyl groups excluding tert-OH is 3. The van der Waals surface area contributed by atoms with Gasteiger partial charge >= 0.3 is 0 Å². The molecule has 0 aromatic rings. The highest BCUT2D eigenvalue weighted by molar-refractivity contribution is 5.19. The van der Waals surface area contributed by atoms with Crippen LogP contribution in [-0.4, -0.2) is 15.3 Å². The van der Waals surface area contributed by atoms with E-state index in [0.29, 0.717) is 0 Å². The molecule has 3 nitrogen and oxygen atoms in total. The Labute approximate surface area is 59.2 Å². The van der Waals surface area contributed by atoms with Gasteiger partial charge in [-0.3, -0.25) is 0 Å². The van der Waals surface area contributed by atoms with Crippen molar-refractivity contribution in [3.63, 3.8) is 0 Å². The van der Waals surface area contributed by atoms with Crippen molar-refractivity contribution in [3.05, 3.63) is 36.0 Å². The maximum absolute atomic E-state index is 8.79. The average molecular weight is 142 g/mol. The molecule has 3 heteroatoms. The first kappa shape index (κ1) is 8.62. The number of rotatable bonds is 2. The van der Waals surface area contributed by atoms with Gasteiger partial charge in [0, 0.05) is 12.2 Å². The fraction of sp³-hybridized carbons (Fsp3) is 0.143. The predicted octanol–water partition coefficient (Wildman–Crippen LogP) is 1.96. The first-order chi connectivity index (χ1) is 4.52. The van der Waals surface area contributed by atoms with Gasteiger partial charge in [-0.25, -0.2) is 0 Å². The fourth-order valence-electron chi connectivity index (χ4n) is 0.426. The van der Waals surface area contributed by atoms with Crippen LogP contribution >= 0.6 is 0 Å². The maximum atomic E-state index is 8.79. The van der Waals surface area contributed by atoms with Crippen LogP contribution in [0.2, 0.25) is 0 Å². The van der Waals surface area contributed by atoms with Gasteiger partial charge < -0.3 is 15.3 Å². The standard InChI is InChI=1S/C7H10O3/c1-5(8)3-7(10)4-6(2)9/h3-4,8-10H,1H2,2H3/b6-4+,7-3+. The van der Waals surface area contributed by atoms with Gasteiger partial charge in [-0.2, -0.15) is 0 Å². The summed E-state index contributed by atoms with van der Waals surface area (Å²) in [5.74, 6) is -0.516. The molecule has 0 spiro atoms. The van der Waals surface area contributed by atoms with Crippen molar-refractivity contribution in [1.82, 2.24) is 0 Å². The lowest BCUT2D eigenvalue weighted by Crippen LogP contribution is -1.79. The Kier molecular flexibility index (Phi) is 3.11. The Bertz CT molecular complexity index is 185. The molecule has 0 unspecified atom stereocenters. The Morgan fingerprint density at radius 2 is 1.70 bits per heavy atom. The molecule has 0 heterocycles. The molecule has 0 saturated heterocycles. The van der Waals surface area contributed by atoms with Crippen molar-refractivity contribution in [1.29, 1.82) is 0 Å². The van der Waals surface area contributed by atoms with Gasteiger partial charge in [0.1, 0.15) is 11.5 Å². The van der Waals surface area contributed by atoms with Crippen LogP contribution in [0.5, 0.6) is 0 Å². The molecule has 0 radical (unpaired) electrons. The van der Waals surface area contributed by atoms with Crippen molar-refractivity contribution in [2.75, 3.05) is 0 Å². The second-order valence-electron chi connectivity index (χ2n) is 1.85. The lowest BCUT2D eigenvalue weighted by molar-refractivity contribution is 0.386. The molecule has 10 heavy (non-hydrogen) atoms. The molecule has 0 aliphatic rings. The van der Waals surface area contributed by atoms with Crippen LogP contribution in [0.3, 0.4) is 0 Å². The van der Waals surface area contributed by atoms with Gasteiger partial charge in [-0.15, -0.1) is 0 Å². The van der Waals surface area contributed by atoms with Gasteiger partial charge in [0.25, 0.3) is 0 Å². The monoisotopic (exact) mass is 142 g/mol. The molecule has 56 valence electrons. The minimum Gasteiger partial charge on any atom is -0.512 e. The van der Waals surface area contributed by atoms with Crippen molar-refractivity contribution in [2.24, 2.45) is 0 Å². The number of hydrogen-bond acceptors (Lipinski definition) is 3. The van der Waals surface area contributed by atoms with Crippen LogP contribution in [0.1, 0.15) is 6.92 Å². The van der Waals surface area contributed by atoms with Crippen molar-refractivity contribution >= 4 is 0 Å². The van der Waals surface area contributed by atoms with Gasteiger partial charge in [0.2, 0.25) is 0 Å². The van der Waals surface area contributed by atoms with Gasteiger partial charge in [-0.05, 0) is 6.92 Å². The van der Waals surface area contributed by atoms with Gasteiger partial charge in [-0.1, -0.05) is 6.58 Å². The third kappa shape index (κ3) is 4.77. The van der Waals surface area contributed by atoms with E-state index in [4.69, 9.17) is 15.3 Å². The number of aliphatic hydroxyl groups is 3. The Morgan fingerprint density at radius 1 is 1.20 bits per heavy atom. The number of allylic oxidation sites excluding steroid dienone is 3. The summed E-state index contributed by atoms with van der Waals surface area (Å²) in [4.78, 5) is 0. The summed E-state index contributed by atoms with van der Waals surface area (Å²) in [5.41, 5.74) is 0. The molecule has 0 aromatic heterocycles. The largest absolute Gasteiger partial charge is 0.512 e. The SMILES string of the molecule is C=C(O)/C=C(O)\C=C(/C)O. The Balaban J connectivity index is 4.22. The van der Waals surface area contributed by atoms with Crippen LogP contribution in [0, 0.1) is 0 Å². The third-order valence-electron chi connectivity index (χ3n) is 0.671. The molecule has 0 amide bonds. The van der Waals surface area contributed by atoms with E-state index in [9.17, 15) is 0 Å². The van der Waals surface area contributed by atoms with Crippen LogP contribution in [0.4, 0.5) is 0 Å². The quantitative estimate of drug-likeness (QED) is 0.408. The lowest BCUT2D eigenvalue weighted by Gasteiger charge is -1.90. The highest BCUT2D eigenvalue weighted by atomic mass is 16.3. The van der Waals surface area contributed by atoms with E-state index in [2.05, 4.69) is 6.58 Å². The molecular weight excluding hydrogens is 132 g/mol. The van der Waals surface area contributed by atoms with E-state index in [-0.39, 0.29) is 17.3 Å². The summed E-state index contributed by atoms with van der Waals surface area (Å²) in [6.07, 6.45) is 2.13. The van der Waals surface area contributed by atoms with Crippen LogP contribution in [-0.2, 0) is 0 Å². The summed E-state index contributed by atoms with van der Waals surface area (Å²) in [6.45, 7) is 4.52. The molecule has 0 bridgehead atoms. The highest BCUT2D eigenvalue weighted by Crippen LogP contribution is 1.98. The first-order valence-corrected chi connectivity index (χ1v) is 2.68. The van der Waals surface area contributed by atoms with Crippen molar-refractivity contribution in [2.45, 2.75) is 6.92 Å². The number of hydrogen-bond donors (Lipinski definition) is 3. The zero-order chi connectivity index (χ0) is 8.15. The second-order valence-corrected chi connectivity index (χ2v) is 1.85. The van der Waals surface area contributed by atoms with E-state index in [1.807, 2.05) is 0 Å². The molecule has 0 fully saturated rings. The van der Waals surface area contributed by atoms with Crippen molar-refractivity contribution in [3.8, 4) is 0 Å². The minimum absolute atomic E-state index is 0.0324. The van der Waals surface area contributed by atoms with Gasteiger partial charge in [0.15, 0.2) is 0 Å². The van der Waals surface area contributed by atoms with Crippen LogP contribution < -0.4 is 0 Å². The average Bonchev–Trinajstić information content (AvgIpc) is 1.58. The summed E-state index contributed by atoms with van der Waals surface area (Å²) in [7, 11) is 0. The van der Waals surface area contributed by atoms with E-state index in [1.54, 1.807) is 0 Å². The summed E-state index contributed by atoms with van der Waals surface area (Å²) in [6, 6.07) is 0. The predicted molar refractivity (Wildman–Crippen MR) is 38.9 cm³/mol. The van der Waals surface area contributed by atoms with E-state index < -0.39 is 0 Å². The molecule has 0 aliphatic heterocycles. The molecule has 0 aromatic carbocycles. The minimum atomic E-state index is -0.255. The Morgan fingerprint density at radius 3 is 2.00 bits per heavy atom. The first-order valence-electron chi connectivity index (χ1n) is 2.68. The summed E-state index contributed by atoms with van der Waals surface area (Å²) < 4.78 is 0. The molecule has 0 aliphatic carbocycles. The van der Waals surface area contributed by atoms with Crippen LogP contribution in [0.25, 0.3) is 0 Å². The maximum Gasteiger partial charge on any atom is 0.122 e. The fourth-order valence-corrected chi connectivity index (χ4v) is 0.426. The second kappa shape index (κ2) is 3.61.